The Kier molecular flexibility index (Phi) is 3.45. The normalized spacial score (nSPS) is 34.4. The molecule has 2 rings (SSSR count). The highest BCUT2D eigenvalue weighted by molar-refractivity contribution is 5.76. The zero-order valence-electron chi connectivity index (χ0n) is 11.6. The summed E-state index contributed by atoms with van der Waals surface area (Å²) in [6, 6.07) is 0. The van der Waals surface area contributed by atoms with Crippen LogP contribution in [0, 0.1) is 5.41 Å². The van der Waals surface area contributed by atoms with E-state index in [0.717, 1.165) is 25.7 Å². The second-order valence-electron chi connectivity index (χ2n) is 6.08. The van der Waals surface area contributed by atoms with E-state index in [2.05, 4.69) is 0 Å². The summed E-state index contributed by atoms with van der Waals surface area (Å²) < 4.78 is 12.1. The van der Waals surface area contributed by atoms with Crippen molar-refractivity contribution in [3.63, 3.8) is 0 Å². The van der Waals surface area contributed by atoms with Gasteiger partial charge in [0.15, 0.2) is 5.79 Å². The van der Waals surface area contributed by atoms with Crippen LogP contribution in [-0.4, -0.2) is 29.1 Å². The lowest BCUT2D eigenvalue weighted by atomic mass is 9.72. The number of hydrogen-bond donors (Lipinski definition) is 1. The van der Waals surface area contributed by atoms with Crippen LogP contribution >= 0.6 is 0 Å². The fraction of sp³-hybridized carbons (Fsp3) is 0.929. The smallest absolute Gasteiger partial charge is 0.312 e. The van der Waals surface area contributed by atoms with Gasteiger partial charge in [0.2, 0.25) is 0 Å². The highest BCUT2D eigenvalue weighted by atomic mass is 16.8. The van der Waals surface area contributed by atoms with Crippen molar-refractivity contribution in [3.05, 3.63) is 0 Å². The maximum absolute atomic E-state index is 11.6. The molecule has 1 saturated carbocycles. The van der Waals surface area contributed by atoms with E-state index in [1.54, 1.807) is 6.92 Å². The molecule has 0 bridgehead atoms. The second kappa shape index (κ2) is 4.49. The van der Waals surface area contributed by atoms with Gasteiger partial charge in [-0.1, -0.05) is 13.3 Å². The minimum Gasteiger partial charge on any atom is -0.481 e. The molecule has 1 unspecified atom stereocenters. The third kappa shape index (κ3) is 1.95. The van der Waals surface area contributed by atoms with E-state index in [0.29, 0.717) is 13.0 Å². The highest BCUT2D eigenvalue weighted by Gasteiger charge is 2.59. The summed E-state index contributed by atoms with van der Waals surface area (Å²) in [5.74, 6) is -1.32. The first-order valence-electron chi connectivity index (χ1n) is 6.95. The summed E-state index contributed by atoms with van der Waals surface area (Å²) in [6.45, 7) is 5.92. The first-order chi connectivity index (χ1) is 8.38. The van der Waals surface area contributed by atoms with Crippen molar-refractivity contribution in [2.45, 2.75) is 70.7 Å². The van der Waals surface area contributed by atoms with E-state index in [9.17, 15) is 9.90 Å². The molecule has 2 fully saturated rings. The number of rotatable bonds is 3. The van der Waals surface area contributed by atoms with Gasteiger partial charge >= 0.3 is 5.97 Å². The molecule has 2 aliphatic rings. The molecule has 1 heterocycles. The van der Waals surface area contributed by atoms with Crippen molar-refractivity contribution in [1.29, 1.82) is 0 Å². The van der Waals surface area contributed by atoms with E-state index in [-0.39, 0.29) is 0 Å². The lowest BCUT2D eigenvalue weighted by molar-refractivity contribution is -0.223. The van der Waals surface area contributed by atoms with E-state index >= 15 is 0 Å². The summed E-state index contributed by atoms with van der Waals surface area (Å²) in [5, 5.41) is 9.51. The Morgan fingerprint density at radius 2 is 1.94 bits per heavy atom. The molecule has 1 aliphatic carbocycles. The lowest BCUT2D eigenvalue weighted by Crippen LogP contribution is -2.52. The van der Waals surface area contributed by atoms with Crippen molar-refractivity contribution in [2.24, 2.45) is 5.41 Å². The van der Waals surface area contributed by atoms with Crippen LogP contribution in [0.25, 0.3) is 0 Å². The third-order valence-corrected chi connectivity index (χ3v) is 4.98. The molecule has 4 nitrogen and oxygen atoms in total. The van der Waals surface area contributed by atoms with Crippen LogP contribution in [-0.2, 0) is 14.3 Å². The Balaban J connectivity index is 2.21. The Morgan fingerprint density at radius 3 is 2.44 bits per heavy atom. The van der Waals surface area contributed by atoms with Gasteiger partial charge in [-0.15, -0.1) is 0 Å². The van der Waals surface area contributed by atoms with Gasteiger partial charge in [0.1, 0.15) is 5.60 Å². The van der Waals surface area contributed by atoms with Crippen LogP contribution in [0.15, 0.2) is 0 Å². The zero-order chi connectivity index (χ0) is 13.4. The SMILES string of the molecule is CCC(C)(C(=O)O)[C@@]1(C)COC2(CCCCC2)O1. The largest absolute Gasteiger partial charge is 0.481 e. The summed E-state index contributed by atoms with van der Waals surface area (Å²) in [4.78, 5) is 11.6. The quantitative estimate of drug-likeness (QED) is 0.843. The predicted octanol–water partition coefficient (Wildman–Crippen LogP) is 2.95. The van der Waals surface area contributed by atoms with Crippen LogP contribution in [0.3, 0.4) is 0 Å². The molecule has 1 N–H and O–H groups in total. The number of carbonyl (C=O) groups is 1. The van der Waals surface area contributed by atoms with Crippen LogP contribution in [0.4, 0.5) is 0 Å². The fourth-order valence-electron chi connectivity index (χ4n) is 3.10. The maximum atomic E-state index is 11.6. The van der Waals surface area contributed by atoms with Gasteiger partial charge in [-0.2, -0.15) is 0 Å². The predicted molar refractivity (Wildman–Crippen MR) is 67.3 cm³/mol. The molecule has 1 aliphatic heterocycles. The van der Waals surface area contributed by atoms with E-state index < -0.39 is 22.8 Å². The minimum atomic E-state index is -0.895. The minimum absolute atomic E-state index is 0.379. The second-order valence-corrected chi connectivity index (χ2v) is 6.08. The molecule has 18 heavy (non-hydrogen) atoms. The average molecular weight is 256 g/mol. The molecule has 4 heteroatoms. The number of hydrogen-bond acceptors (Lipinski definition) is 3. The lowest BCUT2D eigenvalue weighted by Gasteiger charge is -2.41. The Labute approximate surface area is 109 Å². The summed E-state index contributed by atoms with van der Waals surface area (Å²) in [7, 11) is 0. The standard InChI is InChI=1S/C14H24O4/c1-4-12(2,11(15)16)13(3)10-17-14(18-13)8-6-5-7-9-14/h4-10H2,1-3H3,(H,15,16)/t12?,13-/m1/s1. The highest BCUT2D eigenvalue weighted by Crippen LogP contribution is 2.49. The molecular weight excluding hydrogens is 232 g/mol. The van der Waals surface area contributed by atoms with Gasteiger partial charge in [-0.05, 0) is 33.1 Å². The number of carboxylic acid groups (broad SMARTS) is 1. The molecule has 1 spiro atoms. The monoisotopic (exact) mass is 256 g/mol. The van der Waals surface area contributed by atoms with Crippen molar-refractivity contribution in [1.82, 2.24) is 0 Å². The molecule has 0 aromatic carbocycles. The fourth-order valence-corrected chi connectivity index (χ4v) is 3.10. The first kappa shape index (κ1) is 13.8. The Bertz CT molecular complexity index is 335. The average Bonchev–Trinajstić information content (AvgIpc) is 2.67. The van der Waals surface area contributed by atoms with E-state index in [1.165, 1.54) is 6.42 Å². The van der Waals surface area contributed by atoms with Crippen molar-refractivity contribution in [3.8, 4) is 0 Å². The van der Waals surface area contributed by atoms with Gasteiger partial charge in [0.05, 0.1) is 12.0 Å². The summed E-state index contributed by atoms with van der Waals surface area (Å²) in [6.07, 6.45) is 5.75. The summed E-state index contributed by atoms with van der Waals surface area (Å²) in [5.41, 5.74) is -1.63. The van der Waals surface area contributed by atoms with Crippen LogP contribution in [0.5, 0.6) is 0 Å². The topological polar surface area (TPSA) is 55.8 Å². The summed E-state index contributed by atoms with van der Waals surface area (Å²) >= 11 is 0. The van der Waals surface area contributed by atoms with E-state index in [1.807, 2.05) is 13.8 Å². The molecule has 0 amide bonds. The van der Waals surface area contributed by atoms with Gasteiger partial charge in [0, 0.05) is 12.8 Å². The van der Waals surface area contributed by atoms with Crippen molar-refractivity contribution in [2.75, 3.05) is 6.61 Å². The maximum Gasteiger partial charge on any atom is 0.312 e. The molecule has 104 valence electrons. The zero-order valence-corrected chi connectivity index (χ0v) is 11.6. The van der Waals surface area contributed by atoms with Crippen LogP contribution in [0.2, 0.25) is 0 Å². The Hall–Kier alpha value is -0.610. The van der Waals surface area contributed by atoms with Gasteiger partial charge < -0.3 is 14.6 Å². The van der Waals surface area contributed by atoms with Gasteiger partial charge in [0.25, 0.3) is 0 Å². The number of ether oxygens (including phenoxy) is 2. The molecule has 0 aromatic rings. The van der Waals surface area contributed by atoms with Crippen molar-refractivity contribution < 1.29 is 19.4 Å². The number of aliphatic carboxylic acids is 1. The molecule has 0 aromatic heterocycles. The van der Waals surface area contributed by atoms with E-state index in [4.69, 9.17) is 9.47 Å². The molecular formula is C14H24O4. The Morgan fingerprint density at radius 1 is 1.33 bits per heavy atom. The van der Waals surface area contributed by atoms with Gasteiger partial charge in [-0.3, -0.25) is 4.79 Å². The van der Waals surface area contributed by atoms with Crippen molar-refractivity contribution >= 4 is 5.97 Å². The van der Waals surface area contributed by atoms with Crippen LogP contribution in [0.1, 0.15) is 59.3 Å². The molecule has 0 radical (unpaired) electrons. The number of carboxylic acids is 1. The third-order valence-electron chi connectivity index (χ3n) is 4.98. The molecule has 2 atom stereocenters. The first-order valence-corrected chi connectivity index (χ1v) is 6.95. The van der Waals surface area contributed by atoms with Crippen LogP contribution < -0.4 is 0 Å². The molecule has 1 saturated heterocycles. The van der Waals surface area contributed by atoms with Gasteiger partial charge in [-0.25, -0.2) is 0 Å².